The first-order valence-corrected chi connectivity index (χ1v) is 5.88. The van der Waals surface area contributed by atoms with Gasteiger partial charge in [-0.1, -0.05) is 5.92 Å². The van der Waals surface area contributed by atoms with Crippen LogP contribution in [0.2, 0.25) is 0 Å². The minimum absolute atomic E-state index is 0.245. The van der Waals surface area contributed by atoms with Crippen LogP contribution in [0.15, 0.2) is 0 Å². The Morgan fingerprint density at radius 3 is 2.44 bits per heavy atom. The molecule has 0 saturated carbocycles. The van der Waals surface area contributed by atoms with Crippen molar-refractivity contribution in [2.45, 2.75) is 63.6 Å². The van der Waals surface area contributed by atoms with Gasteiger partial charge in [0.25, 0.3) is 0 Å². The minimum Gasteiger partial charge on any atom is -0.444 e. The van der Waals surface area contributed by atoms with Gasteiger partial charge >= 0.3 is 6.09 Å². The van der Waals surface area contributed by atoms with Gasteiger partial charge in [0.2, 0.25) is 0 Å². The van der Waals surface area contributed by atoms with Gasteiger partial charge < -0.3 is 4.74 Å². The molecule has 0 aliphatic carbocycles. The zero-order chi connectivity index (χ0) is 12.0. The Morgan fingerprint density at radius 2 is 2.00 bits per heavy atom. The van der Waals surface area contributed by atoms with E-state index < -0.39 is 5.60 Å². The van der Waals surface area contributed by atoms with Crippen LogP contribution in [0, 0.1) is 12.3 Å². The third-order valence-electron chi connectivity index (χ3n) is 3.47. The molecule has 3 nitrogen and oxygen atoms in total. The van der Waals surface area contributed by atoms with E-state index in [1.165, 1.54) is 0 Å². The average Bonchev–Trinajstić information content (AvgIpc) is 2.70. The molecular weight excluding hydrogens is 202 g/mol. The second kappa shape index (κ2) is 3.41. The van der Waals surface area contributed by atoms with Crippen molar-refractivity contribution in [2.24, 2.45) is 0 Å². The van der Waals surface area contributed by atoms with Crippen molar-refractivity contribution in [1.82, 2.24) is 4.90 Å². The summed E-state index contributed by atoms with van der Waals surface area (Å²) in [7, 11) is 0. The molecule has 2 aliphatic heterocycles. The molecule has 2 heterocycles. The molecule has 0 spiro atoms. The number of ether oxygens (including phenoxy) is 1. The maximum Gasteiger partial charge on any atom is 0.411 e. The van der Waals surface area contributed by atoms with Crippen molar-refractivity contribution in [3.05, 3.63) is 0 Å². The summed E-state index contributed by atoms with van der Waals surface area (Å²) in [4.78, 5) is 13.9. The van der Waals surface area contributed by atoms with Crippen molar-refractivity contribution < 1.29 is 9.53 Å². The lowest BCUT2D eigenvalue weighted by Gasteiger charge is -2.32. The Balaban J connectivity index is 2.16. The van der Waals surface area contributed by atoms with Gasteiger partial charge in [-0.15, -0.1) is 6.42 Å². The second-order valence-corrected chi connectivity index (χ2v) is 5.76. The molecule has 88 valence electrons. The third kappa shape index (κ3) is 1.67. The van der Waals surface area contributed by atoms with Crippen molar-refractivity contribution in [2.75, 3.05) is 0 Å². The van der Waals surface area contributed by atoms with E-state index in [2.05, 4.69) is 5.92 Å². The van der Waals surface area contributed by atoms with E-state index in [9.17, 15) is 4.79 Å². The van der Waals surface area contributed by atoms with Gasteiger partial charge in [-0.2, -0.15) is 0 Å². The average molecular weight is 221 g/mol. The summed E-state index contributed by atoms with van der Waals surface area (Å²) in [6.45, 7) is 5.64. The van der Waals surface area contributed by atoms with Crippen molar-refractivity contribution >= 4 is 6.09 Å². The normalized spacial score (nSPS) is 32.6. The van der Waals surface area contributed by atoms with E-state index in [0.29, 0.717) is 6.04 Å². The molecule has 0 unspecified atom stereocenters. The Kier molecular flexibility index (Phi) is 2.41. The molecule has 2 aliphatic rings. The predicted octanol–water partition coefficient (Wildman–Crippen LogP) is 2.55. The molecule has 3 heteroatoms. The molecule has 2 rings (SSSR count). The monoisotopic (exact) mass is 221 g/mol. The number of nitrogens with zero attached hydrogens (tertiary/aromatic N) is 1. The van der Waals surface area contributed by atoms with Crippen molar-refractivity contribution in [1.29, 1.82) is 0 Å². The first-order chi connectivity index (χ1) is 7.38. The predicted molar refractivity (Wildman–Crippen MR) is 61.9 cm³/mol. The van der Waals surface area contributed by atoms with E-state index in [1.54, 1.807) is 4.90 Å². The van der Waals surface area contributed by atoms with Gasteiger partial charge in [0.05, 0.1) is 0 Å². The highest BCUT2D eigenvalue weighted by Gasteiger charge is 2.54. The largest absolute Gasteiger partial charge is 0.444 e. The lowest BCUT2D eigenvalue weighted by atomic mass is 9.89. The van der Waals surface area contributed by atoms with Crippen molar-refractivity contribution in [3.63, 3.8) is 0 Å². The summed E-state index contributed by atoms with van der Waals surface area (Å²) >= 11 is 0. The lowest BCUT2D eigenvalue weighted by molar-refractivity contribution is 0.0162. The summed E-state index contributed by atoms with van der Waals surface area (Å²) in [6, 6.07) is 0.297. The third-order valence-corrected chi connectivity index (χ3v) is 3.47. The number of hydrogen-bond acceptors (Lipinski definition) is 2. The first-order valence-electron chi connectivity index (χ1n) is 5.88. The number of fused-ring (bicyclic) bond motifs is 2. The molecule has 0 aromatic heterocycles. The Morgan fingerprint density at radius 1 is 1.44 bits per heavy atom. The maximum absolute atomic E-state index is 12.1. The summed E-state index contributed by atoms with van der Waals surface area (Å²) in [6.07, 6.45) is 9.24. The number of rotatable bonds is 0. The number of terminal acetylenes is 1. The fourth-order valence-electron chi connectivity index (χ4n) is 2.78. The molecule has 0 radical (unpaired) electrons. The zero-order valence-corrected chi connectivity index (χ0v) is 10.2. The highest BCUT2D eigenvalue weighted by Crippen LogP contribution is 2.46. The highest BCUT2D eigenvalue weighted by atomic mass is 16.6. The van der Waals surface area contributed by atoms with Gasteiger partial charge in [0.15, 0.2) is 0 Å². The van der Waals surface area contributed by atoms with Gasteiger partial charge in [0, 0.05) is 6.04 Å². The highest BCUT2D eigenvalue weighted by molar-refractivity contribution is 5.71. The number of carbonyl (C=O) groups excluding carboxylic acids is 1. The molecule has 0 aromatic rings. The lowest BCUT2D eigenvalue weighted by Crippen LogP contribution is -2.46. The molecular formula is C13H19NO2. The topological polar surface area (TPSA) is 29.5 Å². The Labute approximate surface area is 97.1 Å². The quantitative estimate of drug-likeness (QED) is 0.588. The molecule has 0 atom stereocenters. The maximum atomic E-state index is 12.1. The van der Waals surface area contributed by atoms with Crippen LogP contribution < -0.4 is 0 Å². The van der Waals surface area contributed by atoms with Crippen LogP contribution in [0.3, 0.4) is 0 Å². The molecule has 0 N–H and O–H groups in total. The van der Waals surface area contributed by atoms with Gasteiger partial charge in [0.1, 0.15) is 11.1 Å². The summed E-state index contributed by atoms with van der Waals surface area (Å²) in [5.41, 5.74) is -0.804. The van der Waals surface area contributed by atoms with E-state index in [-0.39, 0.29) is 11.6 Å². The van der Waals surface area contributed by atoms with Gasteiger partial charge in [-0.05, 0) is 46.5 Å². The number of hydrogen-bond donors (Lipinski definition) is 0. The Bertz CT molecular complexity index is 340. The van der Waals surface area contributed by atoms with E-state index in [1.807, 2.05) is 20.8 Å². The van der Waals surface area contributed by atoms with E-state index in [4.69, 9.17) is 11.2 Å². The van der Waals surface area contributed by atoms with Crippen LogP contribution in [0.5, 0.6) is 0 Å². The molecule has 0 aromatic carbocycles. The second-order valence-electron chi connectivity index (χ2n) is 5.76. The fourth-order valence-corrected chi connectivity index (χ4v) is 2.78. The standard InChI is InChI=1S/C13H19NO2/c1-5-13-8-6-10(7-9-13)14(13)11(15)16-12(2,3)4/h1,10H,6-9H2,2-4H3. The Hall–Kier alpha value is -1.17. The van der Waals surface area contributed by atoms with Crippen LogP contribution in [-0.2, 0) is 4.74 Å². The summed E-state index contributed by atoms with van der Waals surface area (Å²) in [5, 5.41) is 0. The SMILES string of the molecule is C#CC12CCC(CC1)N2C(=O)OC(C)(C)C. The van der Waals surface area contributed by atoms with Crippen molar-refractivity contribution in [3.8, 4) is 12.3 Å². The smallest absolute Gasteiger partial charge is 0.411 e. The van der Waals surface area contributed by atoms with Gasteiger partial charge in [-0.25, -0.2) is 4.79 Å². The fraction of sp³-hybridized carbons (Fsp3) is 0.769. The van der Waals surface area contributed by atoms with E-state index in [0.717, 1.165) is 25.7 Å². The summed E-state index contributed by atoms with van der Waals surface area (Å²) in [5.74, 6) is 2.81. The van der Waals surface area contributed by atoms with Crippen LogP contribution in [-0.4, -0.2) is 28.2 Å². The first kappa shape index (κ1) is 11.3. The molecule has 2 bridgehead atoms. The minimum atomic E-state index is -0.450. The van der Waals surface area contributed by atoms with Crippen LogP contribution in [0.4, 0.5) is 4.79 Å². The van der Waals surface area contributed by atoms with Crippen LogP contribution in [0.1, 0.15) is 46.5 Å². The summed E-state index contributed by atoms with van der Waals surface area (Å²) < 4.78 is 5.42. The molecule has 2 saturated heterocycles. The molecule has 16 heavy (non-hydrogen) atoms. The number of carbonyl (C=O) groups is 1. The number of amides is 1. The van der Waals surface area contributed by atoms with Crippen LogP contribution in [0.25, 0.3) is 0 Å². The van der Waals surface area contributed by atoms with Crippen LogP contribution >= 0.6 is 0 Å². The molecule has 2 fully saturated rings. The van der Waals surface area contributed by atoms with Gasteiger partial charge in [-0.3, -0.25) is 4.90 Å². The zero-order valence-electron chi connectivity index (χ0n) is 10.2. The van der Waals surface area contributed by atoms with E-state index >= 15 is 0 Å². The molecule has 1 amide bonds.